The molecule has 22 heavy (non-hydrogen) atoms. The number of allylic oxidation sites excluding steroid dienone is 2. The van der Waals surface area contributed by atoms with Gasteiger partial charge in [0.1, 0.15) is 18.0 Å². The number of carbonyl (C=O) groups is 2. The second kappa shape index (κ2) is 8.09. The first-order chi connectivity index (χ1) is 10.3. The Morgan fingerprint density at radius 3 is 2.55 bits per heavy atom. The number of halogens is 1. The van der Waals surface area contributed by atoms with E-state index in [2.05, 4.69) is 10.6 Å². The molecule has 0 saturated heterocycles. The zero-order chi connectivity index (χ0) is 16.7. The van der Waals surface area contributed by atoms with Crippen molar-refractivity contribution in [1.82, 2.24) is 10.6 Å². The molecule has 1 aromatic rings. The Balaban J connectivity index is 3.02. The highest BCUT2D eigenvalue weighted by Crippen LogP contribution is 2.19. The number of likely N-dealkylation sites (N-methyl/N-ethyl adjacent to an activating group) is 1. The smallest absolute Gasteiger partial charge is 0.322 e. The van der Waals surface area contributed by atoms with Crippen molar-refractivity contribution >= 4 is 29.1 Å². The molecule has 0 aromatic heterocycles. The number of rotatable bonds is 6. The summed E-state index contributed by atoms with van der Waals surface area (Å²) in [7, 11) is 1.45. The molecule has 0 atom stereocenters. The van der Waals surface area contributed by atoms with Crippen molar-refractivity contribution in [1.29, 1.82) is 0 Å². The first-order valence-electron chi connectivity index (χ1n) is 6.40. The second-order valence-electron chi connectivity index (χ2n) is 4.42. The SMILES string of the molecule is CN/C(C(=O)NCC(=O)O)=C(O)\C=C(/C)c1cccc(Cl)c1. The fourth-order valence-electron chi connectivity index (χ4n) is 1.70. The van der Waals surface area contributed by atoms with Gasteiger partial charge in [-0.3, -0.25) is 9.59 Å². The van der Waals surface area contributed by atoms with Crippen molar-refractivity contribution in [2.45, 2.75) is 6.92 Å². The molecule has 6 nitrogen and oxygen atoms in total. The van der Waals surface area contributed by atoms with Gasteiger partial charge in [-0.05, 0) is 36.3 Å². The number of aliphatic carboxylic acids is 1. The molecule has 0 aliphatic rings. The molecule has 0 unspecified atom stereocenters. The summed E-state index contributed by atoms with van der Waals surface area (Å²) in [6.45, 7) is 1.22. The van der Waals surface area contributed by atoms with E-state index >= 15 is 0 Å². The third kappa shape index (κ3) is 5.14. The van der Waals surface area contributed by atoms with Gasteiger partial charge in [-0.1, -0.05) is 23.7 Å². The zero-order valence-electron chi connectivity index (χ0n) is 12.2. The van der Waals surface area contributed by atoms with Crippen LogP contribution < -0.4 is 10.6 Å². The molecule has 4 N–H and O–H groups in total. The minimum atomic E-state index is -1.17. The number of carbonyl (C=O) groups excluding carboxylic acids is 1. The van der Waals surface area contributed by atoms with Crippen LogP contribution in [0.2, 0.25) is 5.02 Å². The normalized spacial score (nSPS) is 12.4. The third-order valence-electron chi connectivity index (χ3n) is 2.77. The predicted octanol–water partition coefficient (Wildman–Crippen LogP) is 1.93. The van der Waals surface area contributed by atoms with Crippen molar-refractivity contribution in [3.8, 4) is 0 Å². The molecular formula is C15H17ClN2O4. The number of hydrogen-bond acceptors (Lipinski definition) is 4. The van der Waals surface area contributed by atoms with Crippen LogP contribution in [0.1, 0.15) is 12.5 Å². The molecular weight excluding hydrogens is 308 g/mol. The molecule has 0 aliphatic heterocycles. The number of nitrogens with one attached hydrogen (secondary N) is 2. The topological polar surface area (TPSA) is 98.7 Å². The van der Waals surface area contributed by atoms with Crippen LogP contribution in [0.15, 0.2) is 41.8 Å². The lowest BCUT2D eigenvalue weighted by Crippen LogP contribution is -2.34. The van der Waals surface area contributed by atoms with Gasteiger partial charge in [0, 0.05) is 12.1 Å². The van der Waals surface area contributed by atoms with Gasteiger partial charge < -0.3 is 20.8 Å². The molecule has 0 spiro atoms. The number of carboxylic acids is 1. The van der Waals surface area contributed by atoms with E-state index < -0.39 is 18.4 Å². The van der Waals surface area contributed by atoms with Crippen LogP contribution in [0, 0.1) is 0 Å². The average molecular weight is 325 g/mol. The standard InChI is InChI=1S/C15H17ClN2O4/c1-9(10-4-3-5-11(16)7-10)6-12(19)14(17-2)15(22)18-8-13(20)21/h3-7,17,19H,8H2,1-2H3,(H,18,22)(H,20,21)/b9-6+,14-12+. The largest absolute Gasteiger partial charge is 0.506 e. The summed E-state index contributed by atoms with van der Waals surface area (Å²) in [5.41, 5.74) is 1.36. The molecule has 0 saturated carbocycles. The number of carboxylic acid groups (broad SMARTS) is 1. The Morgan fingerprint density at radius 1 is 1.32 bits per heavy atom. The summed E-state index contributed by atoms with van der Waals surface area (Å²) >= 11 is 5.90. The van der Waals surface area contributed by atoms with E-state index in [0.717, 1.165) is 5.56 Å². The number of aliphatic hydroxyl groups excluding tert-OH is 1. The Bertz CT molecular complexity index is 638. The highest BCUT2D eigenvalue weighted by Gasteiger charge is 2.13. The lowest BCUT2D eigenvalue weighted by molar-refractivity contribution is -0.137. The molecule has 0 aliphatic carbocycles. The Morgan fingerprint density at radius 2 is 2.00 bits per heavy atom. The molecule has 1 amide bonds. The maximum absolute atomic E-state index is 11.8. The van der Waals surface area contributed by atoms with Gasteiger partial charge in [-0.25, -0.2) is 0 Å². The molecule has 1 aromatic carbocycles. The van der Waals surface area contributed by atoms with Crippen LogP contribution in [-0.4, -0.2) is 35.7 Å². The highest BCUT2D eigenvalue weighted by atomic mass is 35.5. The molecule has 0 bridgehead atoms. The fourth-order valence-corrected chi connectivity index (χ4v) is 1.89. The van der Waals surface area contributed by atoms with Crippen molar-refractivity contribution in [2.75, 3.05) is 13.6 Å². The van der Waals surface area contributed by atoms with Gasteiger partial charge in [0.05, 0.1) is 0 Å². The first-order valence-corrected chi connectivity index (χ1v) is 6.78. The van der Waals surface area contributed by atoms with Gasteiger partial charge in [-0.2, -0.15) is 0 Å². The molecule has 7 heteroatoms. The van der Waals surface area contributed by atoms with Gasteiger partial charge in [0.2, 0.25) is 0 Å². The fraction of sp³-hybridized carbons (Fsp3) is 0.200. The van der Waals surface area contributed by atoms with Gasteiger partial charge in [-0.15, -0.1) is 0 Å². The second-order valence-corrected chi connectivity index (χ2v) is 4.86. The monoisotopic (exact) mass is 324 g/mol. The summed E-state index contributed by atoms with van der Waals surface area (Å²) in [6.07, 6.45) is 1.40. The molecule has 1 rings (SSSR count). The van der Waals surface area contributed by atoms with Gasteiger partial charge in [0.25, 0.3) is 5.91 Å². The Labute approximate surface area is 133 Å². The Hall–Kier alpha value is -2.47. The minimum absolute atomic E-state index is 0.123. The van der Waals surface area contributed by atoms with Gasteiger partial charge in [0.15, 0.2) is 0 Å². The lowest BCUT2D eigenvalue weighted by atomic mass is 10.1. The van der Waals surface area contributed by atoms with E-state index in [1.807, 2.05) is 6.07 Å². The van der Waals surface area contributed by atoms with Crippen molar-refractivity contribution < 1.29 is 19.8 Å². The number of aliphatic hydroxyl groups is 1. The van der Waals surface area contributed by atoms with Crippen LogP contribution in [-0.2, 0) is 9.59 Å². The lowest BCUT2D eigenvalue weighted by Gasteiger charge is -2.09. The van der Waals surface area contributed by atoms with Crippen LogP contribution in [0.3, 0.4) is 0 Å². The van der Waals surface area contributed by atoms with Gasteiger partial charge >= 0.3 is 5.97 Å². The molecule has 0 fully saturated rings. The summed E-state index contributed by atoms with van der Waals surface area (Å²) in [5, 5.41) is 23.9. The van der Waals surface area contributed by atoms with E-state index in [0.29, 0.717) is 10.6 Å². The highest BCUT2D eigenvalue weighted by molar-refractivity contribution is 6.30. The molecule has 0 radical (unpaired) electrons. The van der Waals surface area contributed by atoms with Crippen LogP contribution >= 0.6 is 11.6 Å². The summed E-state index contributed by atoms with van der Waals surface area (Å²) < 4.78 is 0. The van der Waals surface area contributed by atoms with Crippen molar-refractivity contribution in [2.24, 2.45) is 0 Å². The number of benzene rings is 1. The van der Waals surface area contributed by atoms with E-state index in [1.165, 1.54) is 13.1 Å². The van der Waals surface area contributed by atoms with Crippen LogP contribution in [0.5, 0.6) is 0 Å². The van der Waals surface area contributed by atoms with E-state index in [1.54, 1.807) is 25.1 Å². The minimum Gasteiger partial charge on any atom is -0.506 e. The van der Waals surface area contributed by atoms with E-state index in [-0.39, 0.29) is 11.5 Å². The number of hydrogen-bond donors (Lipinski definition) is 4. The number of amides is 1. The summed E-state index contributed by atoms with van der Waals surface area (Å²) in [6, 6.07) is 7.04. The average Bonchev–Trinajstić information content (AvgIpc) is 2.45. The quantitative estimate of drug-likeness (QED) is 0.364. The van der Waals surface area contributed by atoms with E-state index in [9.17, 15) is 14.7 Å². The first kappa shape index (κ1) is 17.6. The van der Waals surface area contributed by atoms with Crippen molar-refractivity contribution in [3.05, 3.63) is 52.4 Å². The van der Waals surface area contributed by atoms with Crippen LogP contribution in [0.25, 0.3) is 5.57 Å². The maximum atomic E-state index is 11.8. The molecule has 118 valence electrons. The third-order valence-corrected chi connectivity index (χ3v) is 3.00. The maximum Gasteiger partial charge on any atom is 0.322 e. The molecule has 0 heterocycles. The Kier molecular flexibility index (Phi) is 6.47. The summed E-state index contributed by atoms with van der Waals surface area (Å²) in [5.74, 6) is -2.19. The zero-order valence-corrected chi connectivity index (χ0v) is 12.9. The summed E-state index contributed by atoms with van der Waals surface area (Å²) in [4.78, 5) is 22.2. The van der Waals surface area contributed by atoms with Crippen LogP contribution in [0.4, 0.5) is 0 Å². The predicted molar refractivity (Wildman–Crippen MR) is 84.5 cm³/mol. The van der Waals surface area contributed by atoms with E-state index in [4.69, 9.17) is 16.7 Å². The van der Waals surface area contributed by atoms with Crippen molar-refractivity contribution in [3.63, 3.8) is 0 Å².